The Kier molecular flexibility index (Phi) is 3.60. The number of hydrogen-bond acceptors (Lipinski definition) is 3. The van der Waals surface area contributed by atoms with E-state index in [0.29, 0.717) is 10.2 Å². The van der Waals surface area contributed by atoms with Crippen molar-refractivity contribution >= 4 is 39.4 Å². The number of nitrogens with zero attached hydrogens (tertiary/aromatic N) is 1. The summed E-state index contributed by atoms with van der Waals surface area (Å²) < 4.78 is 5.80. The molecule has 0 fully saturated rings. The van der Waals surface area contributed by atoms with E-state index in [1.54, 1.807) is 0 Å². The maximum atomic E-state index is 11.1. The van der Waals surface area contributed by atoms with Gasteiger partial charge in [0.2, 0.25) is 0 Å². The molecule has 0 unspecified atom stereocenters. The Morgan fingerprint density at radius 2 is 2.06 bits per heavy atom. The van der Waals surface area contributed by atoms with E-state index < -0.39 is 5.24 Å². The molecule has 1 aromatic carbocycles. The van der Waals surface area contributed by atoms with Crippen LogP contribution in [0.1, 0.15) is 16.1 Å². The summed E-state index contributed by atoms with van der Waals surface area (Å²) in [7, 11) is 0. The first-order chi connectivity index (χ1) is 7.74. The van der Waals surface area contributed by atoms with Gasteiger partial charge in [0.1, 0.15) is 0 Å². The van der Waals surface area contributed by atoms with E-state index in [4.69, 9.17) is 16.1 Å². The number of rotatable bonds is 3. The quantitative estimate of drug-likeness (QED) is 0.483. The number of hydrogen-bond donors (Lipinski definition) is 0. The molecule has 0 aliphatic heterocycles. The van der Waals surface area contributed by atoms with E-state index in [1.807, 2.05) is 30.3 Å². The van der Waals surface area contributed by atoms with Crippen LogP contribution in [0.5, 0.6) is 0 Å². The lowest BCUT2D eigenvalue weighted by atomic mass is 10.1. The Morgan fingerprint density at radius 3 is 2.62 bits per heavy atom. The molecule has 0 bridgehead atoms. The van der Waals surface area contributed by atoms with Gasteiger partial charge in [-0.3, -0.25) is 4.79 Å². The molecular formula is C11H7ClINO2. The maximum absolute atomic E-state index is 11.1. The summed E-state index contributed by atoms with van der Waals surface area (Å²) in [5, 5.41) is 3.12. The number of carbonyl (C=O) groups excluding carboxylic acids is 1. The number of halogens is 2. The first kappa shape index (κ1) is 11.6. The molecule has 2 aromatic rings. The Morgan fingerprint density at radius 1 is 1.38 bits per heavy atom. The molecule has 0 aliphatic carbocycles. The Hall–Kier alpha value is -0.880. The smallest absolute Gasteiger partial charge is 0.274 e. The molecule has 3 nitrogen and oxygen atoms in total. The van der Waals surface area contributed by atoms with Crippen molar-refractivity contribution in [2.75, 3.05) is 0 Å². The SMILES string of the molecule is O=C(Cl)c1noc(-c2ccccc2)c1CI. The van der Waals surface area contributed by atoms with Crippen LogP contribution in [-0.2, 0) is 4.43 Å². The van der Waals surface area contributed by atoms with Gasteiger partial charge in [-0.25, -0.2) is 0 Å². The molecule has 82 valence electrons. The second-order valence-electron chi connectivity index (χ2n) is 3.11. The third-order valence-corrected chi connectivity index (χ3v) is 3.09. The first-order valence-electron chi connectivity index (χ1n) is 4.53. The van der Waals surface area contributed by atoms with Gasteiger partial charge in [0.05, 0.1) is 0 Å². The predicted octanol–water partition coefficient (Wildman–Crippen LogP) is 3.66. The molecule has 0 radical (unpaired) electrons. The van der Waals surface area contributed by atoms with Crippen LogP contribution in [-0.4, -0.2) is 10.4 Å². The van der Waals surface area contributed by atoms with Crippen molar-refractivity contribution in [3.63, 3.8) is 0 Å². The number of carbonyl (C=O) groups is 1. The highest BCUT2D eigenvalue weighted by Gasteiger charge is 2.20. The van der Waals surface area contributed by atoms with Crippen LogP contribution in [0.3, 0.4) is 0 Å². The third kappa shape index (κ3) is 2.12. The second kappa shape index (κ2) is 4.97. The zero-order chi connectivity index (χ0) is 11.5. The Bertz CT molecular complexity index is 510. The van der Waals surface area contributed by atoms with Gasteiger partial charge in [-0.1, -0.05) is 58.1 Å². The van der Waals surface area contributed by atoms with Gasteiger partial charge in [0, 0.05) is 15.6 Å². The number of alkyl halides is 1. The van der Waals surface area contributed by atoms with Crippen molar-refractivity contribution < 1.29 is 9.32 Å². The van der Waals surface area contributed by atoms with Crippen molar-refractivity contribution in [2.45, 2.75) is 4.43 Å². The summed E-state index contributed by atoms with van der Waals surface area (Å²) in [6.07, 6.45) is 0. The lowest BCUT2D eigenvalue weighted by Gasteiger charge is -1.97. The molecule has 0 aliphatic rings. The molecule has 5 heteroatoms. The van der Waals surface area contributed by atoms with E-state index in [2.05, 4.69) is 27.7 Å². The van der Waals surface area contributed by atoms with Gasteiger partial charge < -0.3 is 4.52 Å². The maximum Gasteiger partial charge on any atom is 0.274 e. The molecule has 0 N–H and O–H groups in total. The van der Waals surface area contributed by atoms with E-state index in [-0.39, 0.29) is 5.69 Å². The molecule has 0 amide bonds. The monoisotopic (exact) mass is 347 g/mol. The van der Waals surface area contributed by atoms with Crippen LogP contribution in [0.4, 0.5) is 0 Å². The molecule has 0 atom stereocenters. The van der Waals surface area contributed by atoms with Gasteiger partial charge >= 0.3 is 0 Å². The summed E-state index contributed by atoms with van der Waals surface area (Å²) in [5.74, 6) is 0.610. The second-order valence-corrected chi connectivity index (χ2v) is 4.22. The molecule has 0 saturated heterocycles. The topological polar surface area (TPSA) is 43.1 Å². The minimum absolute atomic E-state index is 0.204. The van der Waals surface area contributed by atoms with E-state index in [1.165, 1.54) is 0 Å². The zero-order valence-corrected chi connectivity index (χ0v) is 11.0. The Labute approximate surface area is 111 Å². The molecule has 1 heterocycles. The van der Waals surface area contributed by atoms with Gasteiger partial charge in [-0.15, -0.1) is 0 Å². The third-order valence-electron chi connectivity index (χ3n) is 2.14. The van der Waals surface area contributed by atoms with Gasteiger partial charge in [0.15, 0.2) is 11.5 Å². The van der Waals surface area contributed by atoms with Gasteiger partial charge in [0.25, 0.3) is 5.24 Å². The molecule has 1 aromatic heterocycles. The predicted molar refractivity (Wildman–Crippen MR) is 69.8 cm³/mol. The van der Waals surface area contributed by atoms with Crippen LogP contribution in [0.25, 0.3) is 11.3 Å². The minimum Gasteiger partial charge on any atom is -0.355 e. The van der Waals surface area contributed by atoms with E-state index in [0.717, 1.165) is 11.1 Å². The van der Waals surface area contributed by atoms with Gasteiger partial charge in [-0.05, 0) is 11.6 Å². The van der Waals surface area contributed by atoms with Crippen molar-refractivity contribution in [3.8, 4) is 11.3 Å². The lowest BCUT2D eigenvalue weighted by molar-refractivity contribution is 0.107. The fourth-order valence-corrected chi connectivity index (χ4v) is 2.26. The van der Waals surface area contributed by atoms with Gasteiger partial charge in [-0.2, -0.15) is 0 Å². The van der Waals surface area contributed by atoms with Crippen molar-refractivity contribution in [2.24, 2.45) is 0 Å². The minimum atomic E-state index is -0.586. The first-order valence-corrected chi connectivity index (χ1v) is 6.44. The standard InChI is InChI=1S/C11H7ClINO2/c12-11(15)9-8(6-13)10(16-14-9)7-4-2-1-3-5-7/h1-5H,6H2. The summed E-state index contributed by atoms with van der Waals surface area (Å²) in [4.78, 5) is 11.1. The molecular weight excluding hydrogens is 340 g/mol. The van der Waals surface area contributed by atoms with Crippen LogP contribution in [0.15, 0.2) is 34.9 Å². The normalized spacial score (nSPS) is 10.4. The molecule has 0 saturated carbocycles. The lowest BCUT2D eigenvalue weighted by Crippen LogP contribution is -1.93. The van der Waals surface area contributed by atoms with Crippen molar-refractivity contribution in [1.82, 2.24) is 5.16 Å². The van der Waals surface area contributed by atoms with Crippen LogP contribution in [0, 0.1) is 0 Å². The molecule has 0 spiro atoms. The average molecular weight is 348 g/mol. The summed E-state index contributed by atoms with van der Waals surface area (Å²) >= 11 is 7.57. The highest BCUT2D eigenvalue weighted by molar-refractivity contribution is 14.1. The summed E-state index contributed by atoms with van der Waals surface area (Å²) in [5.41, 5.74) is 1.84. The Balaban J connectivity index is 2.54. The average Bonchev–Trinajstić information content (AvgIpc) is 2.73. The number of aromatic nitrogens is 1. The fourth-order valence-electron chi connectivity index (χ4n) is 1.40. The van der Waals surface area contributed by atoms with Crippen LogP contribution < -0.4 is 0 Å². The van der Waals surface area contributed by atoms with Crippen LogP contribution in [0.2, 0.25) is 0 Å². The molecule has 2 rings (SSSR count). The largest absolute Gasteiger partial charge is 0.355 e. The molecule has 16 heavy (non-hydrogen) atoms. The fraction of sp³-hybridized carbons (Fsp3) is 0.0909. The number of benzene rings is 1. The highest BCUT2D eigenvalue weighted by Crippen LogP contribution is 2.28. The van der Waals surface area contributed by atoms with E-state index in [9.17, 15) is 4.79 Å². The van der Waals surface area contributed by atoms with Crippen LogP contribution >= 0.6 is 34.2 Å². The highest BCUT2D eigenvalue weighted by atomic mass is 127. The van der Waals surface area contributed by atoms with E-state index >= 15 is 0 Å². The summed E-state index contributed by atoms with van der Waals surface area (Å²) in [6, 6.07) is 9.52. The summed E-state index contributed by atoms with van der Waals surface area (Å²) in [6.45, 7) is 0. The van der Waals surface area contributed by atoms with Crippen molar-refractivity contribution in [3.05, 3.63) is 41.6 Å². The van der Waals surface area contributed by atoms with Crippen molar-refractivity contribution in [1.29, 1.82) is 0 Å². The zero-order valence-electron chi connectivity index (χ0n) is 8.11.